The number of tetrazole rings is 1. The van der Waals surface area contributed by atoms with E-state index in [-0.39, 0.29) is 23.8 Å². The Balaban J connectivity index is 1.40. The highest BCUT2D eigenvalue weighted by atomic mass is 16.7. The van der Waals surface area contributed by atoms with Crippen molar-refractivity contribution in [1.29, 1.82) is 0 Å². The summed E-state index contributed by atoms with van der Waals surface area (Å²) in [6.07, 6.45) is 2.29. The topological polar surface area (TPSA) is 132 Å². The number of nitrogens with zero attached hydrogens (tertiary/aromatic N) is 6. The highest BCUT2D eigenvalue weighted by Crippen LogP contribution is 2.37. The lowest BCUT2D eigenvalue weighted by atomic mass is 9.98. The molecule has 0 radical (unpaired) electrons. The van der Waals surface area contributed by atoms with Gasteiger partial charge in [-0.3, -0.25) is 14.5 Å². The Morgan fingerprint density at radius 3 is 2.61 bits per heavy atom. The second-order valence-electron chi connectivity index (χ2n) is 10.2. The fraction of sp³-hybridized carbons (Fsp3) is 0.423. The molecule has 0 saturated carbocycles. The summed E-state index contributed by atoms with van der Waals surface area (Å²) in [5, 5.41) is 13.6. The second kappa shape index (κ2) is 9.28. The van der Waals surface area contributed by atoms with Gasteiger partial charge >= 0.3 is 0 Å². The number of hydrogen-bond acceptors (Lipinski definition) is 9. The van der Waals surface area contributed by atoms with E-state index >= 15 is 0 Å². The average molecular weight is 520 g/mol. The van der Waals surface area contributed by atoms with Crippen molar-refractivity contribution in [3.63, 3.8) is 0 Å². The number of piperazine rings is 1. The number of amides is 1. The summed E-state index contributed by atoms with van der Waals surface area (Å²) in [7, 11) is 0. The van der Waals surface area contributed by atoms with Crippen molar-refractivity contribution >= 4 is 16.8 Å². The summed E-state index contributed by atoms with van der Waals surface area (Å²) in [5.41, 5.74) is 0.567. The molecule has 1 atom stereocenters. The number of aromatic nitrogens is 5. The lowest BCUT2D eigenvalue weighted by molar-refractivity contribution is 0.0554. The average Bonchev–Trinajstić information content (AvgIpc) is 3.70. The van der Waals surface area contributed by atoms with Crippen LogP contribution in [0.5, 0.6) is 11.5 Å². The summed E-state index contributed by atoms with van der Waals surface area (Å²) in [6, 6.07) is 8.36. The van der Waals surface area contributed by atoms with E-state index in [4.69, 9.17) is 13.9 Å². The molecule has 0 spiro atoms. The van der Waals surface area contributed by atoms with Gasteiger partial charge in [0, 0.05) is 43.2 Å². The van der Waals surface area contributed by atoms with Crippen LogP contribution >= 0.6 is 0 Å². The molecule has 3 aromatic heterocycles. The zero-order valence-electron chi connectivity index (χ0n) is 21.5. The third-order valence-electron chi connectivity index (χ3n) is 7.54. The van der Waals surface area contributed by atoms with Gasteiger partial charge < -0.3 is 23.8 Å². The van der Waals surface area contributed by atoms with Gasteiger partial charge in [-0.15, -0.1) is 5.10 Å². The van der Waals surface area contributed by atoms with Gasteiger partial charge in [-0.25, -0.2) is 4.68 Å². The van der Waals surface area contributed by atoms with Gasteiger partial charge in [0.15, 0.2) is 23.1 Å². The number of carbonyl (C=O) groups excluding carboxylic acids is 1. The molecule has 0 aliphatic carbocycles. The minimum Gasteiger partial charge on any atom is -0.459 e. The molecular weight excluding hydrogens is 490 g/mol. The van der Waals surface area contributed by atoms with Crippen molar-refractivity contribution in [2.45, 2.75) is 38.8 Å². The number of benzene rings is 1. The van der Waals surface area contributed by atoms with Crippen LogP contribution < -0.4 is 15.0 Å². The van der Waals surface area contributed by atoms with Crippen molar-refractivity contribution < 1.29 is 18.7 Å². The van der Waals surface area contributed by atoms with Gasteiger partial charge in [0.2, 0.25) is 6.79 Å². The van der Waals surface area contributed by atoms with Gasteiger partial charge in [0.25, 0.3) is 11.5 Å². The molecule has 1 unspecified atom stereocenters. The highest BCUT2D eigenvalue weighted by molar-refractivity contribution is 5.91. The molecule has 38 heavy (non-hydrogen) atoms. The molecule has 0 bridgehead atoms. The first kappa shape index (κ1) is 24.2. The van der Waals surface area contributed by atoms with Crippen molar-refractivity contribution in [1.82, 2.24) is 35.0 Å². The van der Waals surface area contributed by atoms with E-state index in [1.54, 1.807) is 27.8 Å². The zero-order chi connectivity index (χ0) is 26.4. The number of fused-ring (bicyclic) bond motifs is 2. The Hall–Kier alpha value is -4.19. The Morgan fingerprint density at radius 1 is 1.13 bits per heavy atom. The van der Waals surface area contributed by atoms with E-state index in [0.29, 0.717) is 60.3 Å². The van der Waals surface area contributed by atoms with Gasteiger partial charge in [-0.2, -0.15) is 0 Å². The molecule has 12 nitrogen and oxygen atoms in total. The number of furan rings is 1. The predicted octanol–water partition coefficient (Wildman–Crippen LogP) is 2.53. The number of ether oxygens (including phenoxy) is 2. The van der Waals surface area contributed by atoms with Crippen LogP contribution in [0.2, 0.25) is 0 Å². The normalized spacial score (nSPS) is 16.8. The van der Waals surface area contributed by atoms with Gasteiger partial charge in [0.05, 0.1) is 17.3 Å². The van der Waals surface area contributed by atoms with Crippen LogP contribution in [-0.2, 0) is 5.54 Å². The van der Waals surface area contributed by atoms with Crippen molar-refractivity contribution in [2.24, 2.45) is 0 Å². The molecule has 1 amide bonds. The smallest absolute Gasteiger partial charge is 0.289 e. The molecule has 1 fully saturated rings. The van der Waals surface area contributed by atoms with Crippen LogP contribution in [0.1, 0.15) is 55.2 Å². The van der Waals surface area contributed by atoms with Crippen LogP contribution in [0.15, 0.2) is 45.8 Å². The minimum absolute atomic E-state index is 0.146. The fourth-order valence-corrected chi connectivity index (χ4v) is 5.00. The largest absolute Gasteiger partial charge is 0.459 e. The zero-order valence-corrected chi connectivity index (χ0v) is 21.5. The summed E-state index contributed by atoms with van der Waals surface area (Å²) in [6.45, 7) is 8.34. The van der Waals surface area contributed by atoms with Crippen LogP contribution in [0.25, 0.3) is 10.9 Å². The Bertz CT molecular complexity index is 1530. The van der Waals surface area contributed by atoms with Crippen LogP contribution in [-0.4, -0.2) is 73.9 Å². The number of rotatable bonds is 6. The maximum Gasteiger partial charge on any atom is 0.289 e. The second-order valence-corrected chi connectivity index (χ2v) is 10.2. The third kappa shape index (κ3) is 4.10. The van der Waals surface area contributed by atoms with E-state index < -0.39 is 6.04 Å². The first-order chi connectivity index (χ1) is 18.4. The molecule has 1 aromatic carbocycles. The predicted molar refractivity (Wildman–Crippen MR) is 136 cm³/mol. The number of carbonyl (C=O) groups is 1. The number of hydrogen-bond donors (Lipinski definition) is 1. The molecule has 5 heterocycles. The molecule has 198 valence electrons. The summed E-state index contributed by atoms with van der Waals surface area (Å²) < 4.78 is 18.2. The highest BCUT2D eigenvalue weighted by Gasteiger charge is 2.36. The molecule has 2 aliphatic heterocycles. The van der Waals surface area contributed by atoms with Gasteiger partial charge in [-0.1, -0.05) is 6.92 Å². The van der Waals surface area contributed by atoms with Crippen LogP contribution in [0, 0.1) is 0 Å². The van der Waals surface area contributed by atoms with E-state index in [2.05, 4.69) is 46.2 Å². The van der Waals surface area contributed by atoms with E-state index in [0.717, 1.165) is 11.8 Å². The number of pyridine rings is 1. The van der Waals surface area contributed by atoms with Crippen LogP contribution in [0.4, 0.5) is 0 Å². The Kier molecular flexibility index (Phi) is 5.90. The Morgan fingerprint density at radius 2 is 1.89 bits per heavy atom. The lowest BCUT2D eigenvalue weighted by Gasteiger charge is -2.39. The van der Waals surface area contributed by atoms with Crippen molar-refractivity contribution in [2.75, 3.05) is 33.0 Å². The first-order valence-corrected chi connectivity index (χ1v) is 12.7. The third-order valence-corrected chi connectivity index (χ3v) is 7.54. The lowest BCUT2D eigenvalue weighted by Crippen LogP contribution is -2.51. The minimum atomic E-state index is -0.532. The van der Waals surface area contributed by atoms with Crippen LogP contribution in [0.3, 0.4) is 0 Å². The summed E-state index contributed by atoms with van der Waals surface area (Å²) >= 11 is 0. The molecule has 2 aliphatic rings. The molecule has 4 aromatic rings. The maximum atomic E-state index is 13.6. The maximum absolute atomic E-state index is 13.6. The number of H-pyrrole nitrogens is 1. The van der Waals surface area contributed by atoms with Crippen molar-refractivity contribution in [3.8, 4) is 11.5 Å². The molecular formula is C26H29N7O5. The fourth-order valence-electron chi connectivity index (χ4n) is 5.00. The van der Waals surface area contributed by atoms with Gasteiger partial charge in [0.1, 0.15) is 6.04 Å². The standard InChI is InChI=1S/C26H29N7O5/c1-4-26(2,3)33-23(28-29-30-33)22(31-7-9-32(10-8-31)25(35)19-6-5-11-36-19)17-12-16-13-20-21(38-15-37-20)14-18(16)27-24(17)34/h5-6,11-14,22H,4,7-10,15H2,1-3H3,(H,27,34). The van der Waals surface area contributed by atoms with E-state index in [1.165, 1.54) is 6.26 Å². The van der Waals surface area contributed by atoms with Gasteiger partial charge in [-0.05, 0) is 55.0 Å². The molecule has 12 heteroatoms. The Labute approximate surface area is 218 Å². The summed E-state index contributed by atoms with van der Waals surface area (Å²) in [4.78, 5) is 33.3. The first-order valence-electron chi connectivity index (χ1n) is 12.7. The quantitative estimate of drug-likeness (QED) is 0.408. The van der Waals surface area contributed by atoms with Crippen molar-refractivity contribution in [3.05, 3.63) is 64.1 Å². The summed E-state index contributed by atoms with van der Waals surface area (Å²) in [5.74, 6) is 1.97. The molecule has 6 rings (SSSR count). The van der Waals surface area contributed by atoms with E-state index in [9.17, 15) is 9.59 Å². The van der Waals surface area contributed by atoms with E-state index in [1.807, 2.05) is 12.1 Å². The number of aromatic amines is 1. The monoisotopic (exact) mass is 519 g/mol. The molecule has 1 saturated heterocycles. The number of nitrogens with one attached hydrogen (secondary N) is 1. The molecule has 1 N–H and O–H groups in total. The SMILES string of the molecule is CCC(C)(C)n1nnnc1C(c1cc2cc3c(cc2[nH]c1=O)OCO3)N1CCN(C(=O)c2ccco2)CC1.